The number of piperazine rings is 1. The van der Waals surface area contributed by atoms with Crippen molar-refractivity contribution in [1.82, 2.24) is 30.0 Å². The van der Waals surface area contributed by atoms with E-state index in [9.17, 15) is 4.79 Å². The summed E-state index contributed by atoms with van der Waals surface area (Å²) in [6, 6.07) is 7.74. The van der Waals surface area contributed by atoms with Crippen LogP contribution in [0.2, 0.25) is 0 Å². The highest BCUT2D eigenvalue weighted by Gasteiger charge is 2.17. The first-order chi connectivity index (χ1) is 13.6. The van der Waals surface area contributed by atoms with Crippen molar-refractivity contribution in [3.63, 3.8) is 0 Å². The van der Waals surface area contributed by atoms with Crippen LogP contribution in [0.25, 0.3) is 11.4 Å². The standard InChI is InChI=1S/C19H22N8O/c1-13-9-16(22-17-10-14(2)24-25-17)23-19(21-13)15-3-4-18(20-11-15)27-7-5-26(12-28)6-8-27/h3-4,9-12H,5-8H2,1-2H3,(H2,21,22,23,24,25). The van der Waals surface area contributed by atoms with Crippen molar-refractivity contribution in [1.29, 1.82) is 0 Å². The molecule has 3 aromatic heterocycles. The number of H-pyrrole nitrogens is 1. The van der Waals surface area contributed by atoms with Crippen LogP contribution in [0.4, 0.5) is 17.5 Å². The zero-order chi connectivity index (χ0) is 19.5. The molecule has 0 aliphatic carbocycles. The first-order valence-corrected chi connectivity index (χ1v) is 9.16. The lowest BCUT2D eigenvalue weighted by molar-refractivity contribution is -0.118. The van der Waals surface area contributed by atoms with Crippen LogP contribution in [-0.2, 0) is 4.79 Å². The van der Waals surface area contributed by atoms with Crippen LogP contribution in [0, 0.1) is 13.8 Å². The van der Waals surface area contributed by atoms with E-state index >= 15 is 0 Å². The van der Waals surface area contributed by atoms with Crippen LogP contribution in [-0.4, -0.2) is 62.6 Å². The quantitative estimate of drug-likeness (QED) is 0.654. The first kappa shape index (κ1) is 17.9. The maximum absolute atomic E-state index is 10.8. The molecule has 0 unspecified atom stereocenters. The van der Waals surface area contributed by atoms with E-state index in [0.717, 1.165) is 55.4 Å². The van der Waals surface area contributed by atoms with Crippen molar-refractivity contribution in [3.05, 3.63) is 41.9 Å². The summed E-state index contributed by atoms with van der Waals surface area (Å²) in [6.45, 7) is 6.87. The first-order valence-electron chi connectivity index (χ1n) is 9.16. The van der Waals surface area contributed by atoms with Gasteiger partial charge in [-0.25, -0.2) is 15.0 Å². The van der Waals surface area contributed by atoms with Crippen LogP contribution in [0.3, 0.4) is 0 Å². The van der Waals surface area contributed by atoms with Gasteiger partial charge in [-0.05, 0) is 26.0 Å². The number of amides is 1. The molecule has 1 fully saturated rings. The molecule has 144 valence electrons. The number of nitrogens with zero attached hydrogens (tertiary/aromatic N) is 6. The third-order valence-corrected chi connectivity index (χ3v) is 4.61. The Balaban J connectivity index is 1.51. The molecule has 1 aliphatic heterocycles. The van der Waals surface area contributed by atoms with Gasteiger partial charge >= 0.3 is 0 Å². The number of pyridine rings is 1. The normalized spacial score (nSPS) is 14.2. The fourth-order valence-electron chi connectivity index (χ4n) is 3.14. The average Bonchev–Trinajstić information content (AvgIpc) is 3.12. The van der Waals surface area contributed by atoms with Crippen molar-refractivity contribution in [2.24, 2.45) is 0 Å². The fourth-order valence-corrected chi connectivity index (χ4v) is 3.14. The van der Waals surface area contributed by atoms with Gasteiger partial charge in [0.05, 0.1) is 0 Å². The summed E-state index contributed by atoms with van der Waals surface area (Å²) in [7, 11) is 0. The maximum Gasteiger partial charge on any atom is 0.209 e. The number of hydrogen-bond acceptors (Lipinski definition) is 7. The summed E-state index contributed by atoms with van der Waals surface area (Å²) in [4.78, 5) is 28.5. The Labute approximate surface area is 162 Å². The lowest BCUT2D eigenvalue weighted by Gasteiger charge is -2.33. The van der Waals surface area contributed by atoms with Gasteiger partial charge < -0.3 is 15.1 Å². The summed E-state index contributed by atoms with van der Waals surface area (Å²) in [5.74, 6) is 2.90. The third kappa shape index (κ3) is 3.93. The van der Waals surface area contributed by atoms with Crippen LogP contribution < -0.4 is 10.2 Å². The van der Waals surface area contributed by atoms with Gasteiger partial charge in [0.15, 0.2) is 11.6 Å². The summed E-state index contributed by atoms with van der Waals surface area (Å²) in [5, 5.41) is 10.3. The van der Waals surface area contributed by atoms with E-state index in [1.807, 2.05) is 38.1 Å². The molecule has 3 aromatic rings. The Morgan fingerprint density at radius 1 is 1.07 bits per heavy atom. The predicted molar refractivity (Wildman–Crippen MR) is 106 cm³/mol. The molecular weight excluding hydrogens is 356 g/mol. The van der Waals surface area contributed by atoms with Crippen molar-refractivity contribution in [2.75, 3.05) is 36.4 Å². The molecule has 0 bridgehead atoms. The number of nitrogens with one attached hydrogen (secondary N) is 2. The van der Waals surface area contributed by atoms with Crippen LogP contribution in [0.5, 0.6) is 0 Å². The van der Waals surface area contributed by atoms with Crippen LogP contribution in [0.1, 0.15) is 11.4 Å². The van der Waals surface area contributed by atoms with E-state index in [-0.39, 0.29) is 0 Å². The Hall–Kier alpha value is -3.49. The summed E-state index contributed by atoms with van der Waals surface area (Å²) >= 11 is 0. The van der Waals surface area contributed by atoms with Gasteiger partial charge in [-0.3, -0.25) is 9.89 Å². The molecule has 0 radical (unpaired) electrons. The van der Waals surface area contributed by atoms with Gasteiger partial charge in [-0.2, -0.15) is 5.10 Å². The van der Waals surface area contributed by atoms with E-state index in [2.05, 4.69) is 35.4 Å². The number of anilines is 3. The smallest absolute Gasteiger partial charge is 0.209 e. The molecule has 0 atom stereocenters. The van der Waals surface area contributed by atoms with Gasteiger partial charge in [-0.1, -0.05) is 0 Å². The molecule has 1 amide bonds. The second-order valence-electron chi connectivity index (χ2n) is 6.81. The van der Waals surface area contributed by atoms with Gasteiger partial charge in [0.2, 0.25) is 6.41 Å². The molecule has 0 aromatic carbocycles. The number of aromatic nitrogens is 5. The monoisotopic (exact) mass is 378 g/mol. The number of hydrogen-bond donors (Lipinski definition) is 2. The lowest BCUT2D eigenvalue weighted by atomic mass is 10.2. The van der Waals surface area contributed by atoms with Gasteiger partial charge in [0, 0.05) is 61.5 Å². The Morgan fingerprint density at radius 2 is 1.89 bits per heavy atom. The summed E-state index contributed by atoms with van der Waals surface area (Å²) in [5.41, 5.74) is 2.68. The Bertz CT molecular complexity index is 960. The van der Waals surface area contributed by atoms with Crippen molar-refractivity contribution >= 4 is 23.9 Å². The third-order valence-electron chi connectivity index (χ3n) is 4.61. The number of carbonyl (C=O) groups excluding carboxylic acids is 1. The minimum atomic E-state index is 0.611. The SMILES string of the molecule is Cc1cc(Nc2cc(C)[nH]n2)nc(-c2ccc(N3CCN(C=O)CC3)nc2)n1. The van der Waals surface area contributed by atoms with Gasteiger partial charge in [0.1, 0.15) is 11.6 Å². The zero-order valence-corrected chi connectivity index (χ0v) is 15.9. The highest BCUT2D eigenvalue weighted by Crippen LogP contribution is 2.22. The largest absolute Gasteiger partial charge is 0.353 e. The second kappa shape index (κ2) is 7.63. The molecule has 9 heteroatoms. The maximum atomic E-state index is 10.8. The molecule has 2 N–H and O–H groups in total. The molecule has 0 spiro atoms. The van der Waals surface area contributed by atoms with Gasteiger partial charge in [-0.15, -0.1) is 0 Å². The predicted octanol–water partition coefficient (Wildman–Crippen LogP) is 1.90. The van der Waals surface area contributed by atoms with Gasteiger partial charge in [0.25, 0.3) is 0 Å². The van der Waals surface area contributed by atoms with E-state index in [0.29, 0.717) is 17.5 Å². The Kier molecular flexibility index (Phi) is 4.88. The van der Waals surface area contributed by atoms with Crippen LogP contribution in [0.15, 0.2) is 30.5 Å². The number of aryl methyl sites for hydroxylation is 2. The fraction of sp³-hybridized carbons (Fsp3) is 0.316. The summed E-state index contributed by atoms with van der Waals surface area (Å²) < 4.78 is 0. The van der Waals surface area contributed by atoms with Crippen molar-refractivity contribution in [2.45, 2.75) is 13.8 Å². The number of rotatable bonds is 5. The number of aromatic amines is 1. The number of carbonyl (C=O) groups is 1. The lowest BCUT2D eigenvalue weighted by Crippen LogP contribution is -2.46. The van der Waals surface area contributed by atoms with E-state index in [1.165, 1.54) is 0 Å². The molecule has 28 heavy (non-hydrogen) atoms. The average molecular weight is 378 g/mol. The Morgan fingerprint density at radius 3 is 2.54 bits per heavy atom. The molecule has 4 heterocycles. The minimum absolute atomic E-state index is 0.611. The summed E-state index contributed by atoms with van der Waals surface area (Å²) in [6.07, 6.45) is 2.69. The zero-order valence-electron chi connectivity index (χ0n) is 15.9. The molecule has 9 nitrogen and oxygen atoms in total. The molecular formula is C19H22N8O. The van der Waals surface area contributed by atoms with Crippen molar-refractivity contribution < 1.29 is 4.79 Å². The highest BCUT2D eigenvalue weighted by molar-refractivity contribution is 5.61. The topological polar surface area (TPSA) is 103 Å². The van der Waals surface area contributed by atoms with Crippen LogP contribution >= 0.6 is 0 Å². The van der Waals surface area contributed by atoms with Crippen molar-refractivity contribution in [3.8, 4) is 11.4 Å². The van der Waals surface area contributed by atoms with E-state index in [4.69, 9.17) is 0 Å². The molecule has 0 saturated carbocycles. The molecule has 1 saturated heterocycles. The van der Waals surface area contributed by atoms with E-state index < -0.39 is 0 Å². The molecule has 1 aliphatic rings. The van der Waals surface area contributed by atoms with E-state index in [1.54, 1.807) is 11.1 Å². The highest BCUT2D eigenvalue weighted by atomic mass is 16.1. The second-order valence-corrected chi connectivity index (χ2v) is 6.81. The minimum Gasteiger partial charge on any atom is -0.353 e. The molecule has 4 rings (SSSR count).